The highest BCUT2D eigenvalue weighted by Gasteiger charge is 2.22. The summed E-state index contributed by atoms with van der Waals surface area (Å²) in [4.78, 5) is 25.8. The fourth-order valence-electron chi connectivity index (χ4n) is 3.58. The van der Waals surface area contributed by atoms with Crippen LogP contribution in [0.25, 0.3) is 10.8 Å². The molecule has 3 aromatic carbocycles. The van der Waals surface area contributed by atoms with Crippen molar-refractivity contribution in [2.24, 2.45) is 0 Å². The van der Waals surface area contributed by atoms with Crippen molar-refractivity contribution in [3.05, 3.63) is 103 Å². The molecule has 168 valence electrons. The topological polar surface area (TPSA) is 68.5 Å². The molecule has 0 aliphatic heterocycles. The maximum absolute atomic E-state index is 13.1. The molecule has 0 saturated heterocycles. The Bertz CT molecular complexity index is 1190. The van der Waals surface area contributed by atoms with Gasteiger partial charge >= 0.3 is 0 Å². The Balaban J connectivity index is 1.44. The van der Waals surface area contributed by atoms with Gasteiger partial charge in [0.25, 0.3) is 5.91 Å². The second kappa shape index (κ2) is 11.4. The molecule has 0 spiro atoms. The van der Waals surface area contributed by atoms with E-state index in [0.29, 0.717) is 17.9 Å². The molecule has 4 aromatic rings. The van der Waals surface area contributed by atoms with Crippen LogP contribution in [-0.2, 0) is 21.8 Å². The minimum atomic E-state index is -0.646. The highest BCUT2D eigenvalue weighted by atomic mass is 32.2. The van der Waals surface area contributed by atoms with Gasteiger partial charge in [-0.2, -0.15) is 0 Å². The maximum atomic E-state index is 13.1. The molecular formula is C27H25NO4S. The molecule has 33 heavy (non-hydrogen) atoms. The van der Waals surface area contributed by atoms with Crippen LogP contribution < -0.4 is 10.1 Å². The number of benzene rings is 3. The summed E-state index contributed by atoms with van der Waals surface area (Å²) in [6.45, 7) is -0.150. The van der Waals surface area contributed by atoms with E-state index in [0.717, 1.165) is 22.1 Å². The monoisotopic (exact) mass is 459 g/mol. The molecule has 1 atom stereocenters. The summed E-state index contributed by atoms with van der Waals surface area (Å²) in [6, 6.07) is 26.3. The Hall–Kier alpha value is -3.51. The molecular weight excluding hydrogens is 434 g/mol. The van der Waals surface area contributed by atoms with E-state index in [1.54, 1.807) is 18.4 Å². The Kier molecular flexibility index (Phi) is 7.82. The van der Waals surface area contributed by atoms with Crippen molar-refractivity contribution >= 4 is 34.2 Å². The first-order valence-corrected chi connectivity index (χ1v) is 11.9. The van der Waals surface area contributed by atoms with Crippen molar-refractivity contribution in [2.45, 2.75) is 18.2 Å². The number of nitrogens with one attached hydrogen (secondary N) is 1. The Morgan fingerprint density at radius 3 is 2.52 bits per heavy atom. The van der Waals surface area contributed by atoms with Gasteiger partial charge in [0.05, 0.1) is 23.8 Å². The Morgan fingerprint density at radius 2 is 1.70 bits per heavy atom. The van der Waals surface area contributed by atoms with Crippen molar-refractivity contribution in [3.8, 4) is 5.75 Å². The van der Waals surface area contributed by atoms with E-state index in [1.807, 2.05) is 72.8 Å². The number of carbonyl (C=O) groups is 2. The van der Waals surface area contributed by atoms with E-state index in [2.05, 4.69) is 5.32 Å². The summed E-state index contributed by atoms with van der Waals surface area (Å²) in [5.74, 6) is 1.94. The number of para-hydroxylation sites is 1. The van der Waals surface area contributed by atoms with Crippen LogP contribution in [0, 0.1) is 0 Å². The van der Waals surface area contributed by atoms with Gasteiger partial charge < -0.3 is 14.5 Å². The van der Waals surface area contributed by atoms with E-state index in [-0.39, 0.29) is 24.1 Å². The third-order valence-electron chi connectivity index (χ3n) is 5.21. The number of Topliss-reactive ketones (excluding diaryl/α,β-unsaturated/α-hetero) is 1. The van der Waals surface area contributed by atoms with Gasteiger partial charge in [0.1, 0.15) is 11.5 Å². The normalized spacial score (nSPS) is 11.8. The number of amides is 1. The lowest BCUT2D eigenvalue weighted by Crippen LogP contribution is -2.45. The molecule has 1 amide bonds. The molecule has 1 unspecified atom stereocenters. The van der Waals surface area contributed by atoms with Crippen LogP contribution in [-0.4, -0.2) is 30.1 Å². The van der Waals surface area contributed by atoms with Gasteiger partial charge in [0.15, 0.2) is 12.4 Å². The van der Waals surface area contributed by atoms with Crippen LogP contribution in [0.3, 0.4) is 0 Å². The van der Waals surface area contributed by atoms with Gasteiger partial charge in [-0.3, -0.25) is 9.59 Å². The fourth-order valence-corrected chi connectivity index (χ4v) is 4.45. The van der Waals surface area contributed by atoms with E-state index in [4.69, 9.17) is 9.15 Å². The molecule has 6 heteroatoms. The SMILES string of the molecule is O=C(COc1ccccc1)NC(Cc1cccc2ccccc12)C(=O)CSCc1ccco1. The van der Waals surface area contributed by atoms with Crippen LogP contribution in [0.2, 0.25) is 0 Å². The fraction of sp³-hybridized carbons (Fsp3) is 0.185. The van der Waals surface area contributed by atoms with Crippen molar-refractivity contribution in [1.82, 2.24) is 5.32 Å². The van der Waals surface area contributed by atoms with Crippen molar-refractivity contribution in [3.63, 3.8) is 0 Å². The summed E-state index contributed by atoms with van der Waals surface area (Å²) in [6.07, 6.45) is 2.03. The number of hydrogen-bond acceptors (Lipinski definition) is 5. The molecule has 0 fully saturated rings. The average molecular weight is 460 g/mol. The molecule has 0 aliphatic rings. The zero-order valence-corrected chi connectivity index (χ0v) is 18.9. The summed E-state index contributed by atoms with van der Waals surface area (Å²) in [7, 11) is 0. The van der Waals surface area contributed by atoms with Crippen LogP contribution in [0.4, 0.5) is 0 Å². The standard InChI is InChI=1S/C27H25NO4S/c29-26(19-33-18-23-13-7-15-31-23)25(28-27(30)17-32-22-11-2-1-3-12-22)16-21-10-6-9-20-8-4-5-14-24(20)21/h1-15,25H,16-19H2,(H,28,30). The highest BCUT2D eigenvalue weighted by Crippen LogP contribution is 2.21. The van der Waals surface area contributed by atoms with Crippen LogP contribution >= 0.6 is 11.8 Å². The number of ether oxygens (including phenoxy) is 1. The lowest BCUT2D eigenvalue weighted by Gasteiger charge is -2.19. The van der Waals surface area contributed by atoms with E-state index in [1.165, 1.54) is 11.8 Å². The van der Waals surface area contributed by atoms with Gasteiger partial charge in [-0.05, 0) is 40.6 Å². The predicted molar refractivity (Wildman–Crippen MR) is 131 cm³/mol. The smallest absolute Gasteiger partial charge is 0.258 e. The van der Waals surface area contributed by atoms with Gasteiger partial charge in [0.2, 0.25) is 0 Å². The summed E-state index contributed by atoms with van der Waals surface area (Å²) >= 11 is 1.47. The van der Waals surface area contributed by atoms with Crippen molar-refractivity contribution in [2.75, 3.05) is 12.4 Å². The Morgan fingerprint density at radius 1 is 0.909 bits per heavy atom. The number of carbonyl (C=O) groups excluding carboxylic acids is 2. The first kappa shape index (κ1) is 22.7. The number of fused-ring (bicyclic) bond motifs is 1. The van der Waals surface area contributed by atoms with Gasteiger partial charge in [-0.25, -0.2) is 0 Å². The quantitative estimate of drug-likeness (QED) is 0.340. The number of thioether (sulfide) groups is 1. The average Bonchev–Trinajstić information content (AvgIpc) is 3.37. The Labute approximate surface area is 197 Å². The molecule has 0 radical (unpaired) electrons. The molecule has 0 saturated carbocycles. The third kappa shape index (κ3) is 6.49. The lowest BCUT2D eigenvalue weighted by molar-refractivity contribution is -0.128. The molecule has 1 aromatic heterocycles. The first-order valence-electron chi connectivity index (χ1n) is 10.8. The second-order valence-corrected chi connectivity index (χ2v) is 8.59. The third-order valence-corrected chi connectivity index (χ3v) is 6.19. The van der Waals surface area contributed by atoms with Crippen LogP contribution in [0.15, 0.2) is 95.6 Å². The second-order valence-electron chi connectivity index (χ2n) is 7.60. The molecule has 1 N–H and O–H groups in total. The molecule has 4 rings (SSSR count). The van der Waals surface area contributed by atoms with E-state index in [9.17, 15) is 9.59 Å². The van der Waals surface area contributed by atoms with Crippen LogP contribution in [0.1, 0.15) is 11.3 Å². The van der Waals surface area contributed by atoms with Crippen LogP contribution in [0.5, 0.6) is 5.75 Å². The lowest BCUT2D eigenvalue weighted by atomic mass is 9.97. The zero-order chi connectivity index (χ0) is 22.9. The number of rotatable bonds is 11. The maximum Gasteiger partial charge on any atom is 0.258 e. The van der Waals surface area contributed by atoms with Gasteiger partial charge in [-0.1, -0.05) is 60.7 Å². The van der Waals surface area contributed by atoms with Gasteiger partial charge in [0, 0.05) is 6.42 Å². The number of furan rings is 1. The predicted octanol–water partition coefficient (Wildman–Crippen LogP) is 5.04. The zero-order valence-electron chi connectivity index (χ0n) is 18.1. The minimum absolute atomic E-state index is 0.0347. The van der Waals surface area contributed by atoms with Crippen molar-refractivity contribution < 1.29 is 18.7 Å². The van der Waals surface area contributed by atoms with Crippen molar-refractivity contribution in [1.29, 1.82) is 0 Å². The van der Waals surface area contributed by atoms with Gasteiger partial charge in [-0.15, -0.1) is 11.8 Å². The summed E-state index contributed by atoms with van der Waals surface area (Å²) in [5, 5.41) is 5.08. The highest BCUT2D eigenvalue weighted by molar-refractivity contribution is 7.99. The van der Waals surface area contributed by atoms with E-state index >= 15 is 0 Å². The largest absolute Gasteiger partial charge is 0.484 e. The van der Waals surface area contributed by atoms with E-state index < -0.39 is 6.04 Å². The molecule has 0 aliphatic carbocycles. The number of hydrogen-bond donors (Lipinski definition) is 1. The first-order chi connectivity index (χ1) is 16.2. The number of ketones is 1. The molecule has 1 heterocycles. The summed E-state index contributed by atoms with van der Waals surface area (Å²) < 4.78 is 10.9. The summed E-state index contributed by atoms with van der Waals surface area (Å²) in [5.41, 5.74) is 1.02. The molecule has 5 nitrogen and oxygen atoms in total. The molecule has 0 bridgehead atoms. The minimum Gasteiger partial charge on any atom is -0.484 e.